The highest BCUT2D eigenvalue weighted by Crippen LogP contribution is 2.33. The number of hydrogen-bond acceptors (Lipinski definition) is 6. The SMILES string of the molecule is COc1ccc2oc(-c3noc(Cc4cccs4)n3)c(C)c2c1. The fraction of sp³-hybridized carbons (Fsp3) is 0.176. The summed E-state index contributed by atoms with van der Waals surface area (Å²) in [6, 6.07) is 9.76. The molecule has 3 aromatic heterocycles. The van der Waals surface area contributed by atoms with Gasteiger partial charge in [-0.05, 0) is 36.6 Å². The van der Waals surface area contributed by atoms with Gasteiger partial charge in [0.25, 0.3) is 0 Å². The summed E-state index contributed by atoms with van der Waals surface area (Å²) >= 11 is 1.67. The molecule has 23 heavy (non-hydrogen) atoms. The summed E-state index contributed by atoms with van der Waals surface area (Å²) in [4.78, 5) is 5.64. The zero-order valence-corrected chi connectivity index (χ0v) is 13.5. The van der Waals surface area contributed by atoms with Crippen LogP contribution in [0.3, 0.4) is 0 Å². The summed E-state index contributed by atoms with van der Waals surface area (Å²) < 4.78 is 16.5. The average molecular weight is 326 g/mol. The minimum absolute atomic E-state index is 0.476. The van der Waals surface area contributed by atoms with Gasteiger partial charge in [-0.3, -0.25) is 0 Å². The predicted molar refractivity (Wildman–Crippen MR) is 87.9 cm³/mol. The predicted octanol–water partition coefficient (Wildman–Crippen LogP) is 4.45. The molecule has 0 saturated carbocycles. The Labute approximate surface area is 136 Å². The number of fused-ring (bicyclic) bond motifs is 1. The second-order valence-electron chi connectivity index (χ2n) is 5.19. The summed E-state index contributed by atoms with van der Waals surface area (Å²) in [5.41, 5.74) is 1.75. The van der Waals surface area contributed by atoms with E-state index in [1.165, 1.54) is 4.88 Å². The number of aryl methyl sites for hydroxylation is 1. The molecular formula is C17H14N2O3S. The fourth-order valence-corrected chi connectivity index (χ4v) is 3.22. The Balaban J connectivity index is 1.71. The highest BCUT2D eigenvalue weighted by atomic mass is 32.1. The smallest absolute Gasteiger partial charge is 0.238 e. The van der Waals surface area contributed by atoms with Crippen molar-refractivity contribution in [3.05, 3.63) is 52.0 Å². The molecule has 3 heterocycles. The van der Waals surface area contributed by atoms with Crippen LogP contribution >= 0.6 is 11.3 Å². The van der Waals surface area contributed by atoms with Gasteiger partial charge in [0.05, 0.1) is 13.5 Å². The first-order valence-electron chi connectivity index (χ1n) is 7.17. The normalized spacial score (nSPS) is 11.2. The van der Waals surface area contributed by atoms with Crippen LogP contribution in [-0.4, -0.2) is 17.3 Å². The van der Waals surface area contributed by atoms with E-state index in [4.69, 9.17) is 13.7 Å². The largest absolute Gasteiger partial charge is 0.497 e. The van der Waals surface area contributed by atoms with E-state index in [0.29, 0.717) is 23.9 Å². The number of ether oxygens (including phenoxy) is 1. The summed E-state index contributed by atoms with van der Waals surface area (Å²) in [6.07, 6.45) is 0.637. The summed E-state index contributed by atoms with van der Waals surface area (Å²) in [5, 5.41) is 7.08. The van der Waals surface area contributed by atoms with Crippen LogP contribution in [0.1, 0.15) is 16.3 Å². The third-order valence-electron chi connectivity index (χ3n) is 3.72. The van der Waals surface area contributed by atoms with E-state index in [-0.39, 0.29) is 0 Å². The van der Waals surface area contributed by atoms with Gasteiger partial charge < -0.3 is 13.7 Å². The van der Waals surface area contributed by atoms with Crippen molar-refractivity contribution in [1.29, 1.82) is 0 Å². The lowest BCUT2D eigenvalue weighted by atomic mass is 10.1. The standard InChI is InChI=1S/C17H14N2O3S/c1-10-13-8-11(20-2)5-6-14(13)21-16(10)17-18-15(22-19-17)9-12-4-3-7-23-12/h3-8H,9H2,1-2H3. The van der Waals surface area contributed by atoms with Crippen LogP contribution in [0.5, 0.6) is 5.75 Å². The van der Waals surface area contributed by atoms with E-state index < -0.39 is 0 Å². The molecule has 0 amide bonds. The van der Waals surface area contributed by atoms with E-state index in [1.807, 2.05) is 42.6 Å². The molecule has 116 valence electrons. The zero-order valence-electron chi connectivity index (χ0n) is 12.7. The van der Waals surface area contributed by atoms with E-state index in [1.54, 1.807) is 18.4 Å². The molecule has 0 atom stereocenters. The first kappa shape index (κ1) is 14.0. The number of thiophene rings is 1. The van der Waals surface area contributed by atoms with Crippen molar-refractivity contribution in [3.8, 4) is 17.3 Å². The summed E-state index contributed by atoms with van der Waals surface area (Å²) in [5.74, 6) is 2.48. The highest BCUT2D eigenvalue weighted by molar-refractivity contribution is 7.09. The van der Waals surface area contributed by atoms with Gasteiger partial charge in [0, 0.05) is 15.8 Å². The van der Waals surface area contributed by atoms with Crippen LogP contribution in [0.15, 0.2) is 44.7 Å². The van der Waals surface area contributed by atoms with E-state index in [2.05, 4.69) is 10.1 Å². The molecule has 6 heteroatoms. The monoisotopic (exact) mass is 326 g/mol. The number of rotatable bonds is 4. The number of hydrogen-bond donors (Lipinski definition) is 0. The molecule has 0 N–H and O–H groups in total. The first-order valence-corrected chi connectivity index (χ1v) is 8.05. The molecule has 4 aromatic rings. The molecule has 4 rings (SSSR count). The molecule has 0 bridgehead atoms. The van der Waals surface area contributed by atoms with Crippen molar-refractivity contribution in [3.63, 3.8) is 0 Å². The number of furan rings is 1. The van der Waals surface area contributed by atoms with E-state index >= 15 is 0 Å². The molecule has 5 nitrogen and oxygen atoms in total. The van der Waals surface area contributed by atoms with Gasteiger partial charge in [-0.2, -0.15) is 4.98 Å². The van der Waals surface area contributed by atoms with Crippen LogP contribution in [0.4, 0.5) is 0 Å². The zero-order chi connectivity index (χ0) is 15.8. The molecule has 0 unspecified atom stereocenters. The molecule has 0 aliphatic rings. The van der Waals surface area contributed by atoms with Crippen LogP contribution in [0, 0.1) is 6.92 Å². The number of benzene rings is 1. The van der Waals surface area contributed by atoms with Crippen LogP contribution in [0.2, 0.25) is 0 Å². The molecular weight excluding hydrogens is 312 g/mol. The van der Waals surface area contributed by atoms with Crippen molar-refractivity contribution in [2.75, 3.05) is 7.11 Å². The Morgan fingerprint density at radius 3 is 2.96 bits per heavy atom. The number of aromatic nitrogens is 2. The Kier molecular flexibility index (Phi) is 3.38. The third kappa shape index (κ3) is 2.51. The van der Waals surface area contributed by atoms with Gasteiger partial charge >= 0.3 is 0 Å². The second kappa shape index (κ2) is 5.55. The minimum Gasteiger partial charge on any atom is -0.497 e. The van der Waals surface area contributed by atoms with Gasteiger partial charge in [-0.15, -0.1) is 11.3 Å². The van der Waals surface area contributed by atoms with Crippen molar-refractivity contribution < 1.29 is 13.7 Å². The maximum absolute atomic E-state index is 5.89. The lowest BCUT2D eigenvalue weighted by Crippen LogP contribution is -1.85. The quantitative estimate of drug-likeness (QED) is 0.554. The minimum atomic E-state index is 0.476. The van der Waals surface area contributed by atoms with Crippen LogP contribution < -0.4 is 4.74 Å². The molecule has 0 fully saturated rings. The molecule has 0 spiro atoms. The van der Waals surface area contributed by atoms with Crippen molar-refractivity contribution in [2.45, 2.75) is 13.3 Å². The Bertz CT molecular complexity index is 954. The first-order chi connectivity index (χ1) is 11.2. The Hall–Kier alpha value is -2.60. The lowest BCUT2D eigenvalue weighted by molar-refractivity contribution is 0.385. The van der Waals surface area contributed by atoms with Gasteiger partial charge in [0.2, 0.25) is 11.7 Å². The Morgan fingerprint density at radius 2 is 2.17 bits per heavy atom. The second-order valence-corrected chi connectivity index (χ2v) is 6.22. The highest BCUT2D eigenvalue weighted by Gasteiger charge is 2.18. The number of methoxy groups -OCH3 is 1. The maximum atomic E-state index is 5.89. The molecule has 1 aromatic carbocycles. The Morgan fingerprint density at radius 1 is 1.26 bits per heavy atom. The van der Waals surface area contributed by atoms with Gasteiger partial charge in [0.1, 0.15) is 11.3 Å². The molecule has 0 aliphatic carbocycles. The van der Waals surface area contributed by atoms with E-state index in [9.17, 15) is 0 Å². The molecule has 0 saturated heterocycles. The topological polar surface area (TPSA) is 61.3 Å². The summed E-state index contributed by atoms with van der Waals surface area (Å²) in [6.45, 7) is 1.98. The molecule has 0 aliphatic heterocycles. The maximum Gasteiger partial charge on any atom is 0.238 e. The van der Waals surface area contributed by atoms with Gasteiger partial charge in [0.15, 0.2) is 5.76 Å². The van der Waals surface area contributed by atoms with Crippen molar-refractivity contribution >= 4 is 22.3 Å². The lowest BCUT2D eigenvalue weighted by Gasteiger charge is -1.97. The fourth-order valence-electron chi connectivity index (χ4n) is 2.52. The third-order valence-corrected chi connectivity index (χ3v) is 4.60. The van der Waals surface area contributed by atoms with Crippen molar-refractivity contribution in [1.82, 2.24) is 10.1 Å². The van der Waals surface area contributed by atoms with Gasteiger partial charge in [-0.1, -0.05) is 11.2 Å². The van der Waals surface area contributed by atoms with Crippen LogP contribution in [-0.2, 0) is 6.42 Å². The van der Waals surface area contributed by atoms with Crippen LogP contribution in [0.25, 0.3) is 22.6 Å². The van der Waals surface area contributed by atoms with Crippen molar-refractivity contribution in [2.24, 2.45) is 0 Å². The van der Waals surface area contributed by atoms with E-state index in [0.717, 1.165) is 22.3 Å². The molecule has 0 radical (unpaired) electrons. The van der Waals surface area contributed by atoms with Gasteiger partial charge in [-0.25, -0.2) is 0 Å². The summed E-state index contributed by atoms with van der Waals surface area (Å²) in [7, 11) is 1.65. The number of nitrogens with zero attached hydrogens (tertiary/aromatic N) is 2. The average Bonchev–Trinajstić information content (AvgIpc) is 3.29.